The molecule has 0 saturated heterocycles. The predicted molar refractivity (Wildman–Crippen MR) is 101 cm³/mol. The first-order valence-corrected chi connectivity index (χ1v) is 8.51. The van der Waals surface area contributed by atoms with Gasteiger partial charge in [-0.3, -0.25) is 4.79 Å². The summed E-state index contributed by atoms with van der Waals surface area (Å²) in [5.74, 6) is 0.542. The lowest BCUT2D eigenvalue weighted by Gasteiger charge is -2.10. The van der Waals surface area contributed by atoms with Gasteiger partial charge in [0.25, 0.3) is 5.91 Å². The SMILES string of the molecule is COc1ccc(C2=NOC(C(=O)Nc3ccc(-n4cccn4)cc3)C2)cc1. The Bertz CT molecular complexity index is 948. The summed E-state index contributed by atoms with van der Waals surface area (Å²) in [5.41, 5.74) is 3.26. The van der Waals surface area contributed by atoms with Gasteiger partial charge in [-0.1, -0.05) is 5.16 Å². The highest BCUT2D eigenvalue weighted by molar-refractivity contribution is 6.06. The molecule has 1 N–H and O–H groups in total. The Morgan fingerprint density at radius 2 is 1.96 bits per heavy atom. The summed E-state index contributed by atoms with van der Waals surface area (Å²) in [6.07, 6.45) is 3.35. The van der Waals surface area contributed by atoms with Crippen molar-refractivity contribution in [1.82, 2.24) is 9.78 Å². The third-order valence-electron chi connectivity index (χ3n) is 4.29. The second kappa shape index (κ2) is 7.33. The van der Waals surface area contributed by atoms with E-state index in [0.29, 0.717) is 12.1 Å². The van der Waals surface area contributed by atoms with E-state index in [4.69, 9.17) is 9.57 Å². The highest BCUT2D eigenvalue weighted by atomic mass is 16.6. The topological polar surface area (TPSA) is 77.7 Å². The Labute approximate surface area is 156 Å². The molecule has 2 heterocycles. The summed E-state index contributed by atoms with van der Waals surface area (Å²) in [6, 6.07) is 16.8. The van der Waals surface area contributed by atoms with Gasteiger partial charge in [0.1, 0.15) is 5.75 Å². The van der Waals surface area contributed by atoms with Gasteiger partial charge < -0.3 is 14.9 Å². The van der Waals surface area contributed by atoms with E-state index in [2.05, 4.69) is 15.6 Å². The van der Waals surface area contributed by atoms with E-state index in [9.17, 15) is 4.79 Å². The molecule has 7 nitrogen and oxygen atoms in total. The number of hydrogen-bond acceptors (Lipinski definition) is 5. The Morgan fingerprint density at radius 3 is 2.63 bits per heavy atom. The monoisotopic (exact) mass is 362 g/mol. The average Bonchev–Trinajstić information content (AvgIpc) is 3.41. The van der Waals surface area contributed by atoms with Crippen molar-refractivity contribution < 1.29 is 14.4 Å². The van der Waals surface area contributed by atoms with Gasteiger partial charge in [0.05, 0.1) is 18.5 Å². The van der Waals surface area contributed by atoms with Gasteiger partial charge in [-0.15, -0.1) is 0 Å². The van der Waals surface area contributed by atoms with Gasteiger partial charge in [0, 0.05) is 24.5 Å². The maximum atomic E-state index is 12.5. The number of carbonyl (C=O) groups excluding carboxylic acids is 1. The van der Waals surface area contributed by atoms with Crippen LogP contribution in [-0.4, -0.2) is 34.6 Å². The summed E-state index contributed by atoms with van der Waals surface area (Å²) < 4.78 is 6.90. The van der Waals surface area contributed by atoms with Crippen LogP contribution in [0.2, 0.25) is 0 Å². The van der Waals surface area contributed by atoms with Crippen molar-refractivity contribution in [2.24, 2.45) is 5.16 Å². The zero-order chi connectivity index (χ0) is 18.6. The normalized spacial score (nSPS) is 15.7. The summed E-state index contributed by atoms with van der Waals surface area (Å²) >= 11 is 0. The fourth-order valence-electron chi connectivity index (χ4n) is 2.81. The number of amides is 1. The molecule has 1 atom stereocenters. The summed E-state index contributed by atoms with van der Waals surface area (Å²) in [6.45, 7) is 0. The minimum Gasteiger partial charge on any atom is -0.497 e. The second-order valence-electron chi connectivity index (χ2n) is 6.05. The lowest BCUT2D eigenvalue weighted by molar-refractivity contribution is -0.125. The first kappa shape index (κ1) is 16.8. The van der Waals surface area contributed by atoms with Gasteiger partial charge >= 0.3 is 0 Å². The molecule has 7 heteroatoms. The molecule has 0 saturated carbocycles. The highest BCUT2D eigenvalue weighted by Crippen LogP contribution is 2.21. The third kappa shape index (κ3) is 3.67. The molecular weight excluding hydrogens is 344 g/mol. The molecule has 0 spiro atoms. The number of rotatable bonds is 5. The van der Waals surface area contributed by atoms with Gasteiger partial charge in [-0.2, -0.15) is 5.10 Å². The van der Waals surface area contributed by atoms with Gasteiger partial charge in [0.15, 0.2) is 0 Å². The van der Waals surface area contributed by atoms with Crippen LogP contribution in [0.1, 0.15) is 12.0 Å². The van der Waals surface area contributed by atoms with Crippen LogP contribution in [0.25, 0.3) is 5.69 Å². The van der Waals surface area contributed by atoms with Crippen molar-refractivity contribution in [3.05, 3.63) is 72.6 Å². The van der Waals surface area contributed by atoms with Crippen molar-refractivity contribution in [1.29, 1.82) is 0 Å². The molecule has 1 unspecified atom stereocenters. The minimum atomic E-state index is -0.645. The Kier molecular flexibility index (Phi) is 4.57. The molecule has 3 aromatic rings. The van der Waals surface area contributed by atoms with Crippen molar-refractivity contribution >= 4 is 17.3 Å². The predicted octanol–water partition coefficient (Wildman–Crippen LogP) is 3.01. The molecule has 4 rings (SSSR count). The minimum absolute atomic E-state index is 0.228. The third-order valence-corrected chi connectivity index (χ3v) is 4.29. The number of hydrogen-bond donors (Lipinski definition) is 1. The van der Waals surface area contributed by atoms with E-state index < -0.39 is 6.10 Å². The fraction of sp³-hybridized carbons (Fsp3) is 0.150. The van der Waals surface area contributed by atoms with E-state index in [1.54, 1.807) is 18.0 Å². The number of nitrogens with one attached hydrogen (secondary N) is 1. The zero-order valence-corrected chi connectivity index (χ0v) is 14.7. The van der Waals surface area contributed by atoms with Crippen LogP contribution in [0, 0.1) is 0 Å². The maximum Gasteiger partial charge on any atom is 0.268 e. The molecule has 1 aliphatic rings. The second-order valence-corrected chi connectivity index (χ2v) is 6.05. The van der Waals surface area contributed by atoms with Crippen LogP contribution in [0.5, 0.6) is 5.75 Å². The Balaban J connectivity index is 1.36. The number of carbonyl (C=O) groups is 1. The zero-order valence-electron chi connectivity index (χ0n) is 14.7. The smallest absolute Gasteiger partial charge is 0.268 e. The van der Waals surface area contributed by atoms with Gasteiger partial charge in [0.2, 0.25) is 6.10 Å². The molecular formula is C20H18N4O3. The first-order chi connectivity index (χ1) is 13.2. The lowest BCUT2D eigenvalue weighted by Crippen LogP contribution is -2.28. The quantitative estimate of drug-likeness (QED) is 0.757. The number of benzene rings is 2. The lowest BCUT2D eigenvalue weighted by atomic mass is 10.0. The van der Waals surface area contributed by atoms with Crippen LogP contribution < -0.4 is 10.1 Å². The van der Waals surface area contributed by atoms with Crippen LogP contribution in [-0.2, 0) is 9.63 Å². The summed E-state index contributed by atoms with van der Waals surface area (Å²) in [7, 11) is 1.62. The van der Waals surface area contributed by atoms with Crippen LogP contribution >= 0.6 is 0 Å². The van der Waals surface area contributed by atoms with Crippen LogP contribution in [0.4, 0.5) is 5.69 Å². The van der Waals surface area contributed by atoms with E-state index >= 15 is 0 Å². The van der Waals surface area contributed by atoms with E-state index in [0.717, 1.165) is 22.7 Å². The molecule has 27 heavy (non-hydrogen) atoms. The number of nitrogens with zero attached hydrogens (tertiary/aromatic N) is 3. The Morgan fingerprint density at radius 1 is 1.19 bits per heavy atom. The van der Waals surface area contributed by atoms with Crippen LogP contribution in [0.3, 0.4) is 0 Å². The first-order valence-electron chi connectivity index (χ1n) is 8.51. The number of anilines is 1. The summed E-state index contributed by atoms with van der Waals surface area (Å²) in [5, 5.41) is 11.1. The van der Waals surface area contributed by atoms with Crippen molar-refractivity contribution in [2.45, 2.75) is 12.5 Å². The fourth-order valence-corrected chi connectivity index (χ4v) is 2.81. The van der Waals surface area contributed by atoms with Crippen molar-refractivity contribution in [3.8, 4) is 11.4 Å². The number of oxime groups is 1. The van der Waals surface area contributed by atoms with Crippen LogP contribution in [0.15, 0.2) is 72.1 Å². The van der Waals surface area contributed by atoms with E-state index in [-0.39, 0.29) is 5.91 Å². The van der Waals surface area contributed by atoms with E-state index in [1.165, 1.54) is 0 Å². The molecule has 0 aliphatic carbocycles. The largest absolute Gasteiger partial charge is 0.497 e. The maximum absolute atomic E-state index is 12.5. The van der Waals surface area contributed by atoms with Gasteiger partial charge in [-0.25, -0.2) is 4.68 Å². The molecule has 1 amide bonds. The molecule has 1 aromatic heterocycles. The number of aromatic nitrogens is 2. The molecule has 1 aliphatic heterocycles. The number of methoxy groups -OCH3 is 1. The molecule has 0 fully saturated rings. The van der Waals surface area contributed by atoms with Crippen molar-refractivity contribution in [3.63, 3.8) is 0 Å². The Hall–Kier alpha value is -3.61. The van der Waals surface area contributed by atoms with E-state index in [1.807, 2.05) is 60.8 Å². The van der Waals surface area contributed by atoms with Gasteiger partial charge in [-0.05, 0) is 60.2 Å². The number of ether oxygens (including phenoxy) is 1. The molecule has 136 valence electrons. The molecule has 0 bridgehead atoms. The molecule has 2 aromatic carbocycles. The summed E-state index contributed by atoms with van der Waals surface area (Å²) in [4.78, 5) is 17.8. The standard InChI is InChI=1S/C20H18N4O3/c1-26-17-9-3-14(4-10-17)18-13-19(27-23-18)20(25)22-15-5-7-16(8-6-15)24-12-2-11-21-24/h2-12,19H,13H2,1H3,(H,22,25). The van der Waals surface area contributed by atoms with Crippen molar-refractivity contribution in [2.75, 3.05) is 12.4 Å². The highest BCUT2D eigenvalue weighted by Gasteiger charge is 2.29. The molecule has 0 radical (unpaired) electrons. The average molecular weight is 362 g/mol.